The van der Waals surface area contributed by atoms with Crippen molar-refractivity contribution in [2.75, 3.05) is 0 Å². The zero-order valence-electron chi connectivity index (χ0n) is 22.6. The van der Waals surface area contributed by atoms with Gasteiger partial charge in [0.25, 0.3) is 10.0 Å². The van der Waals surface area contributed by atoms with E-state index in [4.69, 9.17) is 10.2 Å². The summed E-state index contributed by atoms with van der Waals surface area (Å²) in [6, 6.07) is 45.1. The van der Waals surface area contributed by atoms with Gasteiger partial charge in [0, 0.05) is 28.8 Å². The Morgan fingerprint density at radius 1 is 0.643 bits per heavy atom. The molecule has 42 heavy (non-hydrogen) atoms. The number of nitrogens with one attached hydrogen (secondary N) is 1. The molecule has 0 fully saturated rings. The lowest BCUT2D eigenvalue weighted by atomic mass is 10.0. The van der Waals surface area contributed by atoms with Crippen molar-refractivity contribution in [3.05, 3.63) is 145 Å². The van der Waals surface area contributed by atoms with E-state index in [-0.39, 0.29) is 4.90 Å². The van der Waals surface area contributed by atoms with Crippen LogP contribution in [-0.2, 0) is 16.6 Å². The summed E-state index contributed by atoms with van der Waals surface area (Å²) in [6.45, 7) is 0.546. The Morgan fingerprint density at radius 3 is 1.81 bits per heavy atom. The first-order valence-corrected chi connectivity index (χ1v) is 14.9. The highest BCUT2D eigenvalue weighted by Gasteiger charge is 2.22. The van der Waals surface area contributed by atoms with Crippen LogP contribution in [0.2, 0.25) is 0 Å². The largest absolute Gasteiger partial charge is 0.319 e. The van der Waals surface area contributed by atoms with Crippen molar-refractivity contribution < 1.29 is 8.42 Å². The van der Waals surface area contributed by atoms with Crippen molar-refractivity contribution in [3.63, 3.8) is 0 Å². The molecular formula is C35H26N4O2S. The van der Waals surface area contributed by atoms with Gasteiger partial charge in [-0.1, -0.05) is 133 Å². The Labute approximate surface area is 245 Å². The third-order valence-corrected chi connectivity index (χ3v) is 8.35. The second-order valence-electron chi connectivity index (χ2n) is 9.73. The van der Waals surface area contributed by atoms with Crippen LogP contribution < -0.4 is 4.72 Å². The lowest BCUT2D eigenvalue weighted by Gasteiger charge is -2.15. The third kappa shape index (κ3) is 5.31. The molecule has 204 valence electrons. The average Bonchev–Trinajstić information content (AvgIpc) is 3.41. The van der Waals surface area contributed by atoms with Crippen LogP contribution in [0.1, 0.15) is 5.56 Å². The van der Waals surface area contributed by atoms with Gasteiger partial charge in [-0.3, -0.25) is 0 Å². The van der Waals surface area contributed by atoms with Crippen molar-refractivity contribution in [1.29, 1.82) is 5.26 Å². The summed E-state index contributed by atoms with van der Waals surface area (Å²) in [5.74, 6) is 0.858. The predicted octanol–water partition coefficient (Wildman–Crippen LogP) is 7.36. The molecule has 0 unspecified atom stereocenters. The molecule has 5 aromatic carbocycles. The van der Waals surface area contributed by atoms with Gasteiger partial charge in [-0.05, 0) is 17.2 Å². The summed E-state index contributed by atoms with van der Waals surface area (Å²) >= 11 is 0. The van der Waals surface area contributed by atoms with Gasteiger partial charge in [0.1, 0.15) is 5.82 Å². The topological polar surface area (TPSA) is 87.8 Å². The summed E-state index contributed by atoms with van der Waals surface area (Å²) in [6.07, 6.45) is 1.53. The van der Waals surface area contributed by atoms with E-state index in [1.165, 1.54) is 12.3 Å². The molecule has 0 bridgehead atoms. The predicted molar refractivity (Wildman–Crippen MR) is 165 cm³/mol. The van der Waals surface area contributed by atoms with Crippen LogP contribution in [0.25, 0.3) is 45.0 Å². The van der Waals surface area contributed by atoms with Crippen LogP contribution in [0, 0.1) is 11.5 Å². The van der Waals surface area contributed by atoms with Crippen LogP contribution in [0.15, 0.2) is 144 Å². The highest BCUT2D eigenvalue weighted by molar-refractivity contribution is 7.89. The second-order valence-corrected chi connectivity index (χ2v) is 11.4. The number of nitriles is 1. The van der Waals surface area contributed by atoms with Gasteiger partial charge in [-0.15, -0.1) is 0 Å². The summed E-state index contributed by atoms with van der Waals surface area (Å²) in [4.78, 5) is 5.26. The van der Waals surface area contributed by atoms with Crippen LogP contribution in [0.4, 0.5) is 0 Å². The standard InChI is InChI=1S/C35H26N4O2S/c36-25-37-42(40,41)32-19-11-10-18-31(32)27-22-20-26(21-23-27)24-39-34(29-14-6-2-7-15-29)33(28-12-4-1-5-13-28)38-35(39)30-16-8-3-9-17-30/h1-23,37H,24H2. The summed E-state index contributed by atoms with van der Waals surface area (Å²) < 4.78 is 29.5. The smallest absolute Gasteiger partial charge is 0.270 e. The zero-order valence-corrected chi connectivity index (χ0v) is 23.4. The summed E-state index contributed by atoms with van der Waals surface area (Å²) in [7, 11) is -3.97. The minimum Gasteiger partial charge on any atom is -0.319 e. The Hall–Kier alpha value is -5.45. The highest BCUT2D eigenvalue weighted by atomic mass is 32.2. The number of hydrogen-bond acceptors (Lipinski definition) is 4. The number of sulfonamides is 1. The van der Waals surface area contributed by atoms with E-state index in [2.05, 4.69) is 41.0 Å². The van der Waals surface area contributed by atoms with E-state index in [1.54, 1.807) is 18.2 Å². The number of benzene rings is 5. The van der Waals surface area contributed by atoms with Gasteiger partial charge in [0.15, 0.2) is 6.19 Å². The molecular weight excluding hydrogens is 540 g/mol. The van der Waals surface area contributed by atoms with Crippen LogP contribution >= 0.6 is 0 Å². The molecule has 1 N–H and O–H groups in total. The molecule has 0 aliphatic carbocycles. The maximum atomic E-state index is 12.7. The van der Waals surface area contributed by atoms with E-state index in [0.29, 0.717) is 12.1 Å². The van der Waals surface area contributed by atoms with Crippen molar-refractivity contribution in [2.45, 2.75) is 11.4 Å². The van der Waals surface area contributed by atoms with Crippen molar-refractivity contribution in [2.24, 2.45) is 0 Å². The molecule has 0 atom stereocenters. The second kappa shape index (κ2) is 11.6. The van der Waals surface area contributed by atoms with E-state index < -0.39 is 10.0 Å². The molecule has 6 rings (SSSR count). The molecule has 0 aliphatic rings. The molecule has 7 heteroatoms. The molecule has 1 heterocycles. The maximum absolute atomic E-state index is 12.7. The van der Waals surface area contributed by atoms with E-state index in [1.807, 2.05) is 83.6 Å². The van der Waals surface area contributed by atoms with Crippen molar-refractivity contribution >= 4 is 10.0 Å². The Bertz CT molecular complexity index is 1980. The van der Waals surface area contributed by atoms with E-state index in [9.17, 15) is 8.42 Å². The summed E-state index contributed by atoms with van der Waals surface area (Å²) in [5, 5.41) is 8.94. The zero-order chi connectivity index (χ0) is 28.9. The van der Waals surface area contributed by atoms with Crippen molar-refractivity contribution in [3.8, 4) is 51.2 Å². The van der Waals surface area contributed by atoms with Gasteiger partial charge in [0.05, 0.1) is 16.3 Å². The Kier molecular flexibility index (Phi) is 7.37. The first kappa shape index (κ1) is 26.8. The molecule has 6 nitrogen and oxygen atoms in total. The third-order valence-electron chi connectivity index (χ3n) is 7.06. The Morgan fingerprint density at radius 2 is 1.19 bits per heavy atom. The SMILES string of the molecule is N#CNS(=O)(=O)c1ccccc1-c1ccc(Cn2c(-c3ccccc3)nc(-c3ccccc3)c2-c2ccccc2)cc1. The van der Waals surface area contributed by atoms with Gasteiger partial charge in [-0.25, -0.2) is 18.1 Å². The van der Waals surface area contributed by atoms with Gasteiger partial charge in [-0.2, -0.15) is 5.26 Å². The fourth-order valence-corrected chi connectivity index (χ4v) is 6.09. The fraction of sp³-hybridized carbons (Fsp3) is 0.0286. The van der Waals surface area contributed by atoms with E-state index in [0.717, 1.165) is 45.0 Å². The summed E-state index contributed by atoms with van der Waals surface area (Å²) in [5.41, 5.74) is 7.32. The number of imidazole rings is 1. The van der Waals surface area contributed by atoms with Crippen LogP contribution in [0.3, 0.4) is 0 Å². The Balaban J connectivity index is 1.47. The van der Waals surface area contributed by atoms with E-state index >= 15 is 0 Å². The average molecular weight is 567 g/mol. The molecule has 0 saturated carbocycles. The monoisotopic (exact) mass is 566 g/mol. The normalized spacial score (nSPS) is 11.1. The molecule has 0 saturated heterocycles. The number of nitrogens with zero attached hydrogens (tertiary/aromatic N) is 3. The minimum atomic E-state index is -3.97. The molecule has 0 spiro atoms. The lowest BCUT2D eigenvalue weighted by Crippen LogP contribution is -2.18. The molecule has 6 aromatic rings. The van der Waals surface area contributed by atoms with Crippen molar-refractivity contribution in [1.82, 2.24) is 14.3 Å². The molecule has 0 amide bonds. The van der Waals surface area contributed by atoms with Gasteiger partial charge < -0.3 is 4.57 Å². The van der Waals surface area contributed by atoms with Crippen LogP contribution in [-0.4, -0.2) is 18.0 Å². The highest BCUT2D eigenvalue weighted by Crippen LogP contribution is 2.37. The lowest BCUT2D eigenvalue weighted by molar-refractivity contribution is 0.591. The fourth-order valence-electron chi connectivity index (χ4n) is 5.13. The van der Waals surface area contributed by atoms with Crippen LogP contribution in [0.5, 0.6) is 0 Å². The quantitative estimate of drug-likeness (QED) is 0.154. The van der Waals surface area contributed by atoms with Gasteiger partial charge >= 0.3 is 0 Å². The minimum absolute atomic E-state index is 0.0548. The molecule has 1 aromatic heterocycles. The first-order chi connectivity index (χ1) is 20.5. The first-order valence-electron chi connectivity index (χ1n) is 13.4. The number of aromatic nitrogens is 2. The maximum Gasteiger partial charge on any atom is 0.270 e. The van der Waals surface area contributed by atoms with Gasteiger partial charge in [0.2, 0.25) is 0 Å². The number of rotatable bonds is 8. The number of hydrogen-bond donors (Lipinski definition) is 1. The molecule has 0 aliphatic heterocycles. The molecule has 0 radical (unpaired) electrons.